The van der Waals surface area contributed by atoms with Crippen molar-refractivity contribution in [2.75, 3.05) is 11.1 Å². The van der Waals surface area contributed by atoms with E-state index in [1.54, 1.807) is 30.6 Å². The van der Waals surface area contributed by atoms with Crippen LogP contribution in [0.5, 0.6) is 0 Å². The molecule has 25 heavy (non-hydrogen) atoms. The fourth-order valence-corrected chi connectivity index (χ4v) is 2.46. The molecule has 0 aliphatic rings. The number of benzene rings is 1. The zero-order chi connectivity index (χ0) is 17.6. The van der Waals surface area contributed by atoms with E-state index in [4.69, 9.17) is 4.42 Å². The zero-order valence-corrected chi connectivity index (χ0v) is 13.5. The average Bonchev–Trinajstić information content (AvgIpc) is 3.10. The molecule has 0 aliphatic heterocycles. The van der Waals surface area contributed by atoms with Crippen LogP contribution in [0.3, 0.4) is 0 Å². The second-order valence-electron chi connectivity index (χ2n) is 4.75. The number of rotatable bonds is 6. The normalized spacial score (nSPS) is 10.4. The SMILES string of the molecule is O=C(CSc1nnc(-c2cccc([N+](=O)[O-])c2)o1)Nc1ccncc1. The number of nitro benzene ring substituents is 1. The molecular weight excluding hydrogens is 346 g/mol. The first-order valence-electron chi connectivity index (χ1n) is 7.03. The molecule has 0 fully saturated rings. The number of non-ortho nitro benzene ring substituents is 1. The molecule has 1 amide bonds. The van der Waals surface area contributed by atoms with Gasteiger partial charge in [0.25, 0.3) is 10.9 Å². The van der Waals surface area contributed by atoms with Crippen LogP contribution in [-0.2, 0) is 4.79 Å². The number of thioether (sulfide) groups is 1. The van der Waals surface area contributed by atoms with Crippen LogP contribution in [0.4, 0.5) is 11.4 Å². The first-order chi connectivity index (χ1) is 12.1. The molecule has 3 rings (SSSR count). The lowest BCUT2D eigenvalue weighted by Crippen LogP contribution is -2.13. The number of pyridine rings is 1. The number of hydrogen-bond donors (Lipinski definition) is 1. The van der Waals surface area contributed by atoms with Gasteiger partial charge in [0.15, 0.2) is 0 Å². The summed E-state index contributed by atoms with van der Waals surface area (Å²) in [6.45, 7) is 0. The highest BCUT2D eigenvalue weighted by molar-refractivity contribution is 7.99. The number of nitrogens with zero attached hydrogens (tertiary/aromatic N) is 4. The molecular formula is C15H11N5O4S. The number of anilines is 1. The molecule has 0 aliphatic carbocycles. The van der Waals surface area contributed by atoms with E-state index in [1.165, 1.54) is 18.2 Å². The van der Waals surface area contributed by atoms with E-state index in [9.17, 15) is 14.9 Å². The Labute approximate surface area is 145 Å². The third-order valence-corrected chi connectivity index (χ3v) is 3.82. The van der Waals surface area contributed by atoms with Crippen molar-refractivity contribution in [2.45, 2.75) is 5.22 Å². The number of carbonyl (C=O) groups is 1. The van der Waals surface area contributed by atoms with E-state index in [0.29, 0.717) is 11.3 Å². The number of amides is 1. The summed E-state index contributed by atoms with van der Waals surface area (Å²) in [5.41, 5.74) is 1.01. The van der Waals surface area contributed by atoms with Gasteiger partial charge in [-0.05, 0) is 18.2 Å². The lowest BCUT2D eigenvalue weighted by Gasteiger charge is -2.02. The van der Waals surface area contributed by atoms with Gasteiger partial charge < -0.3 is 9.73 Å². The second kappa shape index (κ2) is 7.53. The summed E-state index contributed by atoms with van der Waals surface area (Å²) >= 11 is 1.07. The molecule has 0 spiro atoms. The molecule has 0 atom stereocenters. The van der Waals surface area contributed by atoms with Crippen LogP contribution in [0.1, 0.15) is 0 Å². The maximum Gasteiger partial charge on any atom is 0.277 e. The van der Waals surface area contributed by atoms with Gasteiger partial charge in [-0.3, -0.25) is 19.9 Å². The van der Waals surface area contributed by atoms with Crippen LogP contribution in [0, 0.1) is 10.1 Å². The van der Waals surface area contributed by atoms with Crippen molar-refractivity contribution in [3.05, 3.63) is 58.9 Å². The third kappa shape index (κ3) is 4.38. The molecule has 3 aromatic rings. The van der Waals surface area contributed by atoms with Crippen LogP contribution in [0.15, 0.2) is 58.4 Å². The molecule has 1 aromatic carbocycles. The summed E-state index contributed by atoms with van der Waals surface area (Å²) in [5.74, 6) is 0.00542. The van der Waals surface area contributed by atoms with Gasteiger partial charge >= 0.3 is 0 Å². The largest absolute Gasteiger partial charge is 0.411 e. The van der Waals surface area contributed by atoms with Gasteiger partial charge in [0.05, 0.1) is 10.7 Å². The highest BCUT2D eigenvalue weighted by Gasteiger charge is 2.14. The molecule has 1 N–H and O–H groups in total. The monoisotopic (exact) mass is 357 g/mol. The topological polar surface area (TPSA) is 124 Å². The second-order valence-corrected chi connectivity index (χ2v) is 5.68. The predicted molar refractivity (Wildman–Crippen MR) is 90.0 cm³/mol. The minimum absolute atomic E-state index is 0.0679. The van der Waals surface area contributed by atoms with Crippen LogP contribution < -0.4 is 5.32 Å². The smallest absolute Gasteiger partial charge is 0.277 e. The molecule has 126 valence electrons. The first-order valence-corrected chi connectivity index (χ1v) is 8.01. The van der Waals surface area contributed by atoms with Crippen molar-refractivity contribution in [2.24, 2.45) is 0 Å². The van der Waals surface area contributed by atoms with Gasteiger partial charge in [-0.15, -0.1) is 10.2 Å². The Morgan fingerprint density at radius 2 is 2.04 bits per heavy atom. The lowest BCUT2D eigenvalue weighted by atomic mass is 10.2. The molecule has 9 nitrogen and oxygen atoms in total. The molecule has 10 heteroatoms. The van der Waals surface area contributed by atoms with Gasteiger partial charge in [-0.2, -0.15) is 0 Å². The maximum absolute atomic E-state index is 11.9. The molecule has 2 heterocycles. The number of aromatic nitrogens is 3. The Morgan fingerprint density at radius 3 is 2.80 bits per heavy atom. The van der Waals surface area contributed by atoms with Crippen LogP contribution in [0.2, 0.25) is 0 Å². The molecule has 0 unspecified atom stereocenters. The van der Waals surface area contributed by atoms with Crippen molar-refractivity contribution in [1.29, 1.82) is 0 Å². The van der Waals surface area contributed by atoms with Gasteiger partial charge in [0.2, 0.25) is 11.8 Å². The van der Waals surface area contributed by atoms with E-state index in [1.807, 2.05) is 0 Å². The molecule has 0 saturated heterocycles. The molecule has 2 aromatic heterocycles. The van der Waals surface area contributed by atoms with E-state index < -0.39 is 4.92 Å². The van der Waals surface area contributed by atoms with Gasteiger partial charge in [0, 0.05) is 35.8 Å². The first kappa shape index (κ1) is 16.6. The summed E-state index contributed by atoms with van der Waals surface area (Å²) in [5, 5.41) is 21.4. The van der Waals surface area contributed by atoms with E-state index in [2.05, 4.69) is 20.5 Å². The summed E-state index contributed by atoms with van der Waals surface area (Å²) in [7, 11) is 0. The fraction of sp³-hybridized carbons (Fsp3) is 0.0667. The third-order valence-electron chi connectivity index (χ3n) is 3.00. The highest BCUT2D eigenvalue weighted by Crippen LogP contribution is 2.25. The summed E-state index contributed by atoms with van der Waals surface area (Å²) in [6.07, 6.45) is 3.15. The Kier molecular flexibility index (Phi) is 5.00. The lowest BCUT2D eigenvalue weighted by molar-refractivity contribution is -0.384. The number of hydrogen-bond acceptors (Lipinski definition) is 8. The predicted octanol–water partition coefficient (Wildman–Crippen LogP) is 2.77. The van der Waals surface area contributed by atoms with Crippen LogP contribution >= 0.6 is 11.8 Å². The minimum Gasteiger partial charge on any atom is -0.411 e. The van der Waals surface area contributed by atoms with Gasteiger partial charge in [0.1, 0.15) is 0 Å². The number of carbonyl (C=O) groups excluding carboxylic acids is 1. The Morgan fingerprint density at radius 1 is 1.24 bits per heavy atom. The van der Waals surface area contributed by atoms with E-state index in [0.717, 1.165) is 11.8 Å². The quantitative estimate of drug-likeness (QED) is 0.406. The number of nitro groups is 1. The van der Waals surface area contributed by atoms with Crippen molar-refractivity contribution in [3.8, 4) is 11.5 Å². The number of nitrogens with one attached hydrogen (secondary N) is 1. The highest BCUT2D eigenvalue weighted by atomic mass is 32.2. The van der Waals surface area contributed by atoms with Gasteiger partial charge in [-0.25, -0.2) is 0 Å². The zero-order valence-electron chi connectivity index (χ0n) is 12.7. The summed E-state index contributed by atoms with van der Waals surface area (Å²) < 4.78 is 5.43. The Hall–Kier alpha value is -3.27. The maximum atomic E-state index is 11.9. The van der Waals surface area contributed by atoms with E-state index >= 15 is 0 Å². The molecule has 0 saturated carbocycles. The molecule has 0 radical (unpaired) electrons. The summed E-state index contributed by atoms with van der Waals surface area (Å²) in [4.78, 5) is 26.0. The van der Waals surface area contributed by atoms with Crippen molar-refractivity contribution < 1.29 is 14.1 Å². The van der Waals surface area contributed by atoms with Crippen LogP contribution in [-0.4, -0.2) is 31.8 Å². The Balaban J connectivity index is 1.61. The van der Waals surface area contributed by atoms with Crippen LogP contribution in [0.25, 0.3) is 11.5 Å². The summed E-state index contributed by atoms with van der Waals surface area (Å²) in [6, 6.07) is 9.24. The fourth-order valence-electron chi connectivity index (χ4n) is 1.90. The molecule has 0 bridgehead atoms. The Bertz CT molecular complexity index is 900. The van der Waals surface area contributed by atoms with E-state index in [-0.39, 0.29) is 28.5 Å². The van der Waals surface area contributed by atoms with Crippen molar-refractivity contribution >= 4 is 29.0 Å². The van der Waals surface area contributed by atoms with Gasteiger partial charge in [-0.1, -0.05) is 17.8 Å². The average molecular weight is 357 g/mol. The van der Waals surface area contributed by atoms with Crippen molar-refractivity contribution in [1.82, 2.24) is 15.2 Å². The minimum atomic E-state index is -0.501. The standard InChI is InChI=1S/C15H11N5O4S/c21-13(17-11-4-6-16-7-5-11)9-25-15-19-18-14(24-15)10-2-1-3-12(8-10)20(22)23/h1-8H,9H2,(H,16,17,21). The van der Waals surface area contributed by atoms with Crippen molar-refractivity contribution in [3.63, 3.8) is 0 Å².